The number of nitrogens with zero attached hydrogens (tertiary/aromatic N) is 5. The largest absolute Gasteiger partial charge is 0.388 e. The maximum atomic E-state index is 13.9. The van der Waals surface area contributed by atoms with Gasteiger partial charge in [0.15, 0.2) is 5.65 Å². The van der Waals surface area contributed by atoms with Crippen LogP contribution in [-0.2, 0) is 4.74 Å². The van der Waals surface area contributed by atoms with Crippen LogP contribution in [0.3, 0.4) is 0 Å². The Bertz CT molecular complexity index is 1430. The van der Waals surface area contributed by atoms with Gasteiger partial charge in [-0.05, 0) is 12.1 Å². The zero-order chi connectivity index (χ0) is 23.6. The molecule has 176 valence electrons. The van der Waals surface area contributed by atoms with Gasteiger partial charge in [-0.3, -0.25) is 4.79 Å². The van der Waals surface area contributed by atoms with Crippen molar-refractivity contribution in [3.05, 3.63) is 42.4 Å². The van der Waals surface area contributed by atoms with Crippen molar-refractivity contribution < 1.29 is 23.4 Å². The van der Waals surface area contributed by atoms with Gasteiger partial charge in [-0.1, -0.05) is 0 Å². The molecule has 1 saturated carbocycles. The number of fused-ring (bicyclic) bond motifs is 2. The molecule has 10 nitrogen and oxygen atoms in total. The Balaban J connectivity index is 1.47. The lowest BCUT2D eigenvalue weighted by Gasteiger charge is -2.14. The van der Waals surface area contributed by atoms with Gasteiger partial charge in [-0.15, -0.1) is 0 Å². The van der Waals surface area contributed by atoms with E-state index in [1.165, 1.54) is 15.3 Å². The molecule has 0 aromatic carbocycles. The zero-order valence-electron chi connectivity index (χ0n) is 18.1. The average molecular weight is 469 g/mol. The Kier molecular flexibility index (Phi) is 4.58. The number of carbonyl (C=O) groups is 1. The molecule has 0 bridgehead atoms. The normalized spacial score (nSPS) is 23.5. The molecule has 5 heterocycles. The van der Waals surface area contributed by atoms with Crippen LogP contribution in [0.1, 0.15) is 22.8 Å². The lowest BCUT2D eigenvalue weighted by molar-refractivity contribution is 0.0887. The summed E-state index contributed by atoms with van der Waals surface area (Å²) < 4.78 is 36.0. The Hall–Kier alpha value is -3.64. The van der Waals surface area contributed by atoms with Gasteiger partial charge < -0.3 is 25.0 Å². The Morgan fingerprint density at radius 3 is 2.85 bits per heavy atom. The zero-order valence-corrected chi connectivity index (χ0v) is 18.1. The van der Waals surface area contributed by atoms with E-state index in [9.17, 15) is 18.7 Å². The van der Waals surface area contributed by atoms with E-state index in [-0.39, 0.29) is 30.8 Å². The highest BCUT2D eigenvalue weighted by molar-refractivity contribution is 6.01. The van der Waals surface area contributed by atoms with Crippen molar-refractivity contribution in [3.63, 3.8) is 0 Å². The second-order valence-corrected chi connectivity index (χ2v) is 8.56. The molecule has 0 radical (unpaired) electrons. The molecule has 12 heteroatoms. The fraction of sp³-hybridized carbons (Fsp3) is 0.364. The second kappa shape index (κ2) is 7.43. The molecule has 4 aromatic heterocycles. The van der Waals surface area contributed by atoms with Gasteiger partial charge in [0.2, 0.25) is 0 Å². The number of rotatable bonds is 5. The lowest BCUT2D eigenvalue weighted by Crippen LogP contribution is -2.42. The number of ether oxygens (including phenoxy) is 1. The molecule has 1 saturated heterocycles. The van der Waals surface area contributed by atoms with E-state index >= 15 is 0 Å². The minimum Gasteiger partial charge on any atom is -0.388 e. The Morgan fingerprint density at radius 1 is 1.32 bits per heavy atom. The van der Waals surface area contributed by atoms with Crippen LogP contribution in [0.15, 0.2) is 36.8 Å². The minimum atomic E-state index is -2.76. The summed E-state index contributed by atoms with van der Waals surface area (Å²) in [5.41, 5.74) is 2.06. The summed E-state index contributed by atoms with van der Waals surface area (Å²) >= 11 is 0. The number of nitrogens with one attached hydrogen (secondary N) is 2. The minimum absolute atomic E-state index is 0.157. The summed E-state index contributed by atoms with van der Waals surface area (Å²) in [5, 5.41) is 20.7. The fourth-order valence-electron chi connectivity index (χ4n) is 4.39. The Morgan fingerprint density at radius 2 is 2.15 bits per heavy atom. The monoisotopic (exact) mass is 469 g/mol. The molecule has 2 fully saturated rings. The number of halogens is 2. The number of hydrogen-bond acceptors (Lipinski definition) is 7. The first kappa shape index (κ1) is 20.9. The van der Waals surface area contributed by atoms with Gasteiger partial charge in [-0.25, -0.2) is 18.7 Å². The molecule has 1 aliphatic heterocycles. The highest BCUT2D eigenvalue weighted by atomic mass is 19.3. The first-order valence-corrected chi connectivity index (χ1v) is 10.8. The highest BCUT2D eigenvalue weighted by Gasteiger charge is 2.58. The van der Waals surface area contributed by atoms with E-state index in [0.29, 0.717) is 28.1 Å². The summed E-state index contributed by atoms with van der Waals surface area (Å²) in [6.45, 7) is 0.370. The second-order valence-electron chi connectivity index (χ2n) is 8.56. The number of carbonyl (C=O) groups excluding carboxylic acids is 1. The SMILES string of the molecule is CNc1cc(-c2cn([C@@H]3CC3(F)F)c3ncccc23)nc2c(C(=O)NC3COCC3O)cnn12. The molecule has 2 aliphatic rings. The van der Waals surface area contributed by atoms with Crippen molar-refractivity contribution in [3.8, 4) is 11.3 Å². The van der Waals surface area contributed by atoms with Crippen LogP contribution in [0.4, 0.5) is 14.6 Å². The maximum absolute atomic E-state index is 13.9. The summed E-state index contributed by atoms with van der Waals surface area (Å²) in [6, 6.07) is 3.82. The molecule has 0 spiro atoms. The average Bonchev–Trinajstić information content (AvgIpc) is 3.22. The van der Waals surface area contributed by atoms with Gasteiger partial charge in [0, 0.05) is 42.9 Å². The van der Waals surface area contributed by atoms with Gasteiger partial charge in [0.05, 0.1) is 37.3 Å². The number of aliphatic hydroxyl groups excluding tert-OH is 1. The van der Waals surface area contributed by atoms with E-state index < -0.39 is 30.0 Å². The van der Waals surface area contributed by atoms with Gasteiger partial charge in [0.25, 0.3) is 11.8 Å². The third-order valence-electron chi connectivity index (χ3n) is 6.33. The summed E-state index contributed by atoms with van der Waals surface area (Å²) in [7, 11) is 1.71. The summed E-state index contributed by atoms with van der Waals surface area (Å²) in [6.07, 6.45) is 3.59. The standard InChI is InChI=1S/C22H21F2N7O3/c1-25-18-5-14(13-8-30(17-6-22(17,23)24)19-11(13)3-2-4-26-19)28-20-12(7-27-31(18)20)21(33)29-15-9-34-10-16(15)32/h2-5,7-8,15-17,25,32H,6,9-10H2,1H3,(H,29,33)/t15?,16?,17-/m1/s1. The first-order chi connectivity index (χ1) is 16.4. The number of aromatic nitrogens is 5. The van der Waals surface area contributed by atoms with Crippen LogP contribution < -0.4 is 10.6 Å². The van der Waals surface area contributed by atoms with Crippen molar-refractivity contribution in [2.75, 3.05) is 25.6 Å². The predicted octanol–water partition coefficient (Wildman–Crippen LogP) is 1.86. The molecule has 4 aromatic rings. The molecule has 3 atom stereocenters. The fourth-order valence-corrected chi connectivity index (χ4v) is 4.39. The van der Waals surface area contributed by atoms with Crippen molar-refractivity contribution >= 4 is 28.4 Å². The number of pyridine rings is 1. The number of hydrogen-bond donors (Lipinski definition) is 3. The molecule has 3 N–H and O–H groups in total. The van der Waals surface area contributed by atoms with Gasteiger partial charge >= 0.3 is 0 Å². The number of amides is 1. The molecule has 1 amide bonds. The van der Waals surface area contributed by atoms with Crippen LogP contribution in [-0.4, -0.2) is 73.5 Å². The molecule has 6 rings (SSSR count). The summed E-state index contributed by atoms with van der Waals surface area (Å²) in [4.78, 5) is 22.0. The van der Waals surface area contributed by atoms with Crippen LogP contribution in [0.2, 0.25) is 0 Å². The molecular formula is C22H21F2N7O3. The lowest BCUT2D eigenvalue weighted by atomic mass is 10.1. The van der Waals surface area contributed by atoms with Crippen LogP contribution >= 0.6 is 0 Å². The van der Waals surface area contributed by atoms with Crippen LogP contribution in [0, 0.1) is 0 Å². The molecule has 1 aliphatic carbocycles. The number of alkyl halides is 2. The quantitative estimate of drug-likeness (QED) is 0.408. The highest BCUT2D eigenvalue weighted by Crippen LogP contribution is 2.54. The van der Waals surface area contributed by atoms with Crippen molar-refractivity contribution in [2.45, 2.75) is 30.5 Å². The molecule has 2 unspecified atom stereocenters. The van der Waals surface area contributed by atoms with E-state index in [1.54, 1.807) is 31.6 Å². The predicted molar refractivity (Wildman–Crippen MR) is 118 cm³/mol. The van der Waals surface area contributed by atoms with Gasteiger partial charge in [0.1, 0.15) is 23.1 Å². The van der Waals surface area contributed by atoms with E-state index in [2.05, 4.69) is 25.7 Å². The summed E-state index contributed by atoms with van der Waals surface area (Å²) in [5.74, 6) is -2.65. The smallest absolute Gasteiger partial charge is 0.270 e. The number of anilines is 1. The van der Waals surface area contributed by atoms with E-state index in [0.717, 1.165) is 0 Å². The number of aliphatic hydroxyl groups is 1. The third kappa shape index (κ3) is 3.21. The third-order valence-corrected chi connectivity index (χ3v) is 6.33. The first-order valence-electron chi connectivity index (χ1n) is 10.8. The van der Waals surface area contributed by atoms with Crippen molar-refractivity contribution in [1.29, 1.82) is 0 Å². The molecular weight excluding hydrogens is 448 g/mol. The van der Waals surface area contributed by atoms with E-state index in [4.69, 9.17) is 4.74 Å². The topological polar surface area (TPSA) is 119 Å². The van der Waals surface area contributed by atoms with Gasteiger partial charge in [-0.2, -0.15) is 9.61 Å². The van der Waals surface area contributed by atoms with Crippen LogP contribution in [0.5, 0.6) is 0 Å². The Labute approximate surface area is 191 Å². The van der Waals surface area contributed by atoms with E-state index in [1.807, 2.05) is 6.07 Å². The van der Waals surface area contributed by atoms with Crippen molar-refractivity contribution in [1.82, 2.24) is 29.5 Å². The molecule has 34 heavy (non-hydrogen) atoms. The van der Waals surface area contributed by atoms with Crippen molar-refractivity contribution in [2.24, 2.45) is 0 Å². The van der Waals surface area contributed by atoms with Crippen LogP contribution in [0.25, 0.3) is 27.9 Å². The maximum Gasteiger partial charge on any atom is 0.270 e.